The molecule has 0 saturated heterocycles. The monoisotopic (exact) mass is 172 g/mol. The summed E-state index contributed by atoms with van der Waals surface area (Å²) < 4.78 is 8.85. The summed E-state index contributed by atoms with van der Waals surface area (Å²) >= 11 is 0. The van der Waals surface area contributed by atoms with Gasteiger partial charge in [0.15, 0.2) is 5.76 Å². The number of rotatable bonds is 2. The molecule has 0 amide bonds. The first kappa shape index (κ1) is 8.58. The molecule has 1 N–H and O–H groups in total. The van der Waals surface area contributed by atoms with E-state index in [-0.39, 0.29) is 11.7 Å². The molecule has 0 unspecified atom stereocenters. The normalized spacial score (nSPS) is 10.6. The summed E-state index contributed by atoms with van der Waals surface area (Å²) in [6.45, 7) is 3.42. The molecule has 0 aliphatic heterocycles. The number of aromatic carboxylic acids is 1. The topological polar surface area (TPSA) is 80.7 Å². The highest BCUT2D eigenvalue weighted by Crippen LogP contribution is 2.17. The molecule has 0 aliphatic carbocycles. The molecule has 1 aromatic heterocycles. The third-order valence-corrected chi connectivity index (χ3v) is 1.32. The molecule has 66 valence electrons. The lowest BCUT2D eigenvalue weighted by Gasteiger charge is -1.96. The average Bonchev–Trinajstić information content (AvgIpc) is 2.31. The molecule has 1 rings (SSSR count). The Morgan fingerprint density at radius 3 is 2.33 bits per heavy atom. The Kier molecular flexibility index (Phi) is 2.03. The van der Waals surface area contributed by atoms with Crippen molar-refractivity contribution < 1.29 is 18.7 Å². The predicted molar refractivity (Wildman–Crippen MR) is 38.3 cm³/mol. The maximum atomic E-state index is 10.5. The molecule has 0 fully saturated rings. The van der Waals surface area contributed by atoms with E-state index in [0.717, 1.165) is 0 Å². The van der Waals surface area contributed by atoms with E-state index in [4.69, 9.17) is 5.11 Å². The lowest BCUT2D eigenvalue weighted by atomic mass is 10.1. The Morgan fingerprint density at radius 2 is 2.00 bits per heavy atom. The molecule has 5 heteroatoms. The standard InChI is InChI=1S/C7H8O5/c1-3(2)4-5(6(8)9)12-7(10)11-4/h3H,1-2H3,(H,8,9). The Labute approximate surface area is 67.6 Å². The van der Waals surface area contributed by atoms with Gasteiger partial charge in [-0.1, -0.05) is 13.8 Å². The summed E-state index contributed by atoms with van der Waals surface area (Å²) in [6, 6.07) is 0. The van der Waals surface area contributed by atoms with Crippen LogP contribution in [0.4, 0.5) is 0 Å². The first-order valence-electron chi connectivity index (χ1n) is 3.39. The maximum Gasteiger partial charge on any atom is 0.519 e. The third kappa shape index (κ3) is 1.39. The molecule has 0 bridgehead atoms. The van der Waals surface area contributed by atoms with E-state index >= 15 is 0 Å². The van der Waals surface area contributed by atoms with Gasteiger partial charge < -0.3 is 13.9 Å². The third-order valence-electron chi connectivity index (χ3n) is 1.32. The Hall–Kier alpha value is -1.52. The van der Waals surface area contributed by atoms with Crippen molar-refractivity contribution in [3.63, 3.8) is 0 Å². The quantitative estimate of drug-likeness (QED) is 0.721. The molecule has 0 saturated carbocycles. The first-order chi connectivity index (χ1) is 5.52. The first-order valence-corrected chi connectivity index (χ1v) is 3.39. The predicted octanol–water partition coefficient (Wildman–Crippen LogP) is 1.05. The molecule has 0 radical (unpaired) electrons. The number of hydrogen-bond donors (Lipinski definition) is 1. The molecular weight excluding hydrogens is 164 g/mol. The number of carbonyl (C=O) groups is 1. The van der Waals surface area contributed by atoms with Crippen molar-refractivity contribution in [3.05, 3.63) is 22.1 Å². The minimum absolute atomic E-state index is 0.0764. The van der Waals surface area contributed by atoms with E-state index in [2.05, 4.69) is 8.83 Å². The molecule has 0 spiro atoms. The molecule has 12 heavy (non-hydrogen) atoms. The van der Waals surface area contributed by atoms with Crippen LogP contribution < -0.4 is 5.82 Å². The summed E-state index contributed by atoms with van der Waals surface area (Å²) in [7, 11) is 0. The zero-order chi connectivity index (χ0) is 9.30. The average molecular weight is 172 g/mol. The van der Waals surface area contributed by atoms with Gasteiger partial charge in [-0.15, -0.1) is 0 Å². The van der Waals surface area contributed by atoms with Gasteiger partial charge in [-0.25, -0.2) is 9.59 Å². The number of carboxylic acids is 1. The van der Waals surface area contributed by atoms with Gasteiger partial charge in [0.2, 0.25) is 0 Å². The Morgan fingerprint density at radius 1 is 1.42 bits per heavy atom. The fourth-order valence-electron chi connectivity index (χ4n) is 0.820. The van der Waals surface area contributed by atoms with Crippen LogP contribution in [0, 0.1) is 0 Å². The van der Waals surface area contributed by atoms with E-state index in [9.17, 15) is 9.59 Å². The van der Waals surface area contributed by atoms with Crippen LogP contribution in [0.15, 0.2) is 13.6 Å². The van der Waals surface area contributed by atoms with Gasteiger partial charge in [0.25, 0.3) is 5.76 Å². The van der Waals surface area contributed by atoms with Crippen molar-refractivity contribution in [3.8, 4) is 0 Å². The highest BCUT2D eigenvalue weighted by Gasteiger charge is 2.21. The lowest BCUT2D eigenvalue weighted by Crippen LogP contribution is -1.99. The van der Waals surface area contributed by atoms with Gasteiger partial charge >= 0.3 is 11.8 Å². The summed E-state index contributed by atoms with van der Waals surface area (Å²) in [5.41, 5.74) is 0. The van der Waals surface area contributed by atoms with Crippen molar-refractivity contribution in [2.24, 2.45) is 0 Å². The van der Waals surface area contributed by atoms with Crippen LogP contribution in [-0.4, -0.2) is 11.1 Å². The smallest absolute Gasteiger partial charge is 0.475 e. The van der Waals surface area contributed by atoms with Crippen molar-refractivity contribution >= 4 is 5.97 Å². The lowest BCUT2D eigenvalue weighted by molar-refractivity contribution is 0.0658. The molecule has 1 heterocycles. The fraction of sp³-hybridized carbons (Fsp3) is 0.429. The van der Waals surface area contributed by atoms with E-state index in [0.29, 0.717) is 0 Å². The van der Waals surface area contributed by atoms with Crippen LogP contribution in [0.2, 0.25) is 0 Å². The Balaban J connectivity index is 3.26. The Bertz CT molecular complexity index is 343. The van der Waals surface area contributed by atoms with Gasteiger partial charge in [0.05, 0.1) is 0 Å². The van der Waals surface area contributed by atoms with Gasteiger partial charge in [-0.05, 0) is 0 Å². The van der Waals surface area contributed by atoms with Crippen LogP contribution in [0.1, 0.15) is 36.1 Å². The van der Waals surface area contributed by atoms with Crippen LogP contribution in [0.5, 0.6) is 0 Å². The summed E-state index contributed by atoms with van der Waals surface area (Å²) in [6.07, 6.45) is 0. The molecule has 1 aromatic rings. The molecule has 0 atom stereocenters. The van der Waals surface area contributed by atoms with Gasteiger partial charge in [0.1, 0.15) is 0 Å². The second kappa shape index (κ2) is 2.84. The molecule has 0 aromatic carbocycles. The minimum atomic E-state index is -1.29. The zero-order valence-corrected chi connectivity index (χ0v) is 6.66. The molecule has 5 nitrogen and oxygen atoms in total. The summed E-state index contributed by atoms with van der Waals surface area (Å²) in [5.74, 6) is -2.77. The van der Waals surface area contributed by atoms with Gasteiger partial charge in [-0.3, -0.25) is 0 Å². The van der Waals surface area contributed by atoms with E-state index < -0.39 is 17.6 Å². The summed E-state index contributed by atoms with van der Waals surface area (Å²) in [5, 5.41) is 8.54. The number of carboxylic acid groups (broad SMARTS) is 1. The van der Waals surface area contributed by atoms with Crippen molar-refractivity contribution in [2.75, 3.05) is 0 Å². The van der Waals surface area contributed by atoms with Crippen LogP contribution in [0.25, 0.3) is 0 Å². The van der Waals surface area contributed by atoms with Gasteiger partial charge in [-0.2, -0.15) is 0 Å². The highest BCUT2D eigenvalue weighted by molar-refractivity contribution is 5.85. The van der Waals surface area contributed by atoms with Crippen molar-refractivity contribution in [1.29, 1.82) is 0 Å². The highest BCUT2D eigenvalue weighted by atomic mass is 16.6. The summed E-state index contributed by atoms with van der Waals surface area (Å²) in [4.78, 5) is 21.0. The SMILES string of the molecule is CC(C)c1oc(=O)oc1C(=O)O. The van der Waals surface area contributed by atoms with Crippen molar-refractivity contribution in [2.45, 2.75) is 19.8 Å². The molecular formula is C7H8O5. The van der Waals surface area contributed by atoms with E-state index in [1.54, 1.807) is 13.8 Å². The number of hydrogen-bond acceptors (Lipinski definition) is 4. The van der Waals surface area contributed by atoms with Gasteiger partial charge in [0, 0.05) is 5.92 Å². The largest absolute Gasteiger partial charge is 0.519 e. The minimum Gasteiger partial charge on any atom is -0.475 e. The van der Waals surface area contributed by atoms with Crippen LogP contribution >= 0.6 is 0 Å². The fourth-order valence-corrected chi connectivity index (χ4v) is 0.820. The second-order valence-corrected chi connectivity index (χ2v) is 2.61. The maximum absolute atomic E-state index is 10.5. The van der Waals surface area contributed by atoms with Crippen molar-refractivity contribution in [1.82, 2.24) is 0 Å². The van der Waals surface area contributed by atoms with E-state index in [1.807, 2.05) is 0 Å². The van der Waals surface area contributed by atoms with E-state index in [1.165, 1.54) is 0 Å². The molecule has 0 aliphatic rings. The zero-order valence-electron chi connectivity index (χ0n) is 6.66. The second-order valence-electron chi connectivity index (χ2n) is 2.61. The van der Waals surface area contributed by atoms with Crippen LogP contribution in [-0.2, 0) is 0 Å². The van der Waals surface area contributed by atoms with Crippen LogP contribution in [0.3, 0.4) is 0 Å².